The number of ether oxygens (including phenoxy) is 1. The van der Waals surface area contributed by atoms with Crippen molar-refractivity contribution in [1.29, 1.82) is 0 Å². The number of benzene rings is 1. The average Bonchev–Trinajstić information content (AvgIpc) is 2.13. The Morgan fingerprint density at radius 1 is 1.54 bits per heavy atom. The van der Waals surface area contributed by atoms with Crippen LogP contribution in [0.3, 0.4) is 0 Å². The van der Waals surface area contributed by atoms with Crippen molar-refractivity contribution in [2.45, 2.75) is 6.92 Å². The van der Waals surface area contributed by atoms with E-state index in [1.165, 1.54) is 19.2 Å². The molecular formula is C9H10FNO2. The lowest BCUT2D eigenvalue weighted by molar-refractivity contribution is 0.0601. The molecule has 0 aromatic heterocycles. The number of aryl methyl sites for hydroxylation is 1. The summed E-state index contributed by atoms with van der Waals surface area (Å²) in [5.74, 6) is -1.20. The SMILES string of the molecule is COC(=O)c1ccc(C)c(F)c1N. The Bertz CT molecular complexity index is 350. The van der Waals surface area contributed by atoms with Gasteiger partial charge in [-0.25, -0.2) is 9.18 Å². The number of nitrogens with two attached hydrogens (primary N) is 1. The lowest BCUT2D eigenvalue weighted by Gasteiger charge is -2.05. The van der Waals surface area contributed by atoms with Gasteiger partial charge in [0.2, 0.25) is 0 Å². The summed E-state index contributed by atoms with van der Waals surface area (Å²) in [5, 5.41) is 0. The molecule has 3 nitrogen and oxygen atoms in total. The predicted molar refractivity (Wildman–Crippen MR) is 46.9 cm³/mol. The maximum absolute atomic E-state index is 13.2. The zero-order chi connectivity index (χ0) is 10.0. The third kappa shape index (κ3) is 1.61. The van der Waals surface area contributed by atoms with E-state index < -0.39 is 11.8 Å². The second kappa shape index (κ2) is 3.43. The van der Waals surface area contributed by atoms with Gasteiger partial charge < -0.3 is 10.5 Å². The maximum atomic E-state index is 13.2. The normalized spacial score (nSPS) is 9.77. The monoisotopic (exact) mass is 183 g/mol. The molecule has 0 heterocycles. The summed E-state index contributed by atoms with van der Waals surface area (Å²) in [6.45, 7) is 1.58. The molecule has 1 rings (SSSR count). The van der Waals surface area contributed by atoms with Crippen LogP contribution in [-0.4, -0.2) is 13.1 Å². The summed E-state index contributed by atoms with van der Waals surface area (Å²) in [5.41, 5.74) is 5.69. The fraction of sp³-hybridized carbons (Fsp3) is 0.222. The molecule has 4 heteroatoms. The molecule has 13 heavy (non-hydrogen) atoms. The number of carbonyl (C=O) groups excluding carboxylic acids is 1. The first-order chi connectivity index (χ1) is 6.07. The molecule has 0 radical (unpaired) electrons. The summed E-state index contributed by atoms with van der Waals surface area (Å²) in [7, 11) is 1.22. The van der Waals surface area contributed by atoms with Gasteiger partial charge in [0.15, 0.2) is 0 Å². The molecule has 0 aliphatic carbocycles. The number of esters is 1. The largest absolute Gasteiger partial charge is 0.465 e. The van der Waals surface area contributed by atoms with Gasteiger partial charge >= 0.3 is 5.97 Å². The molecule has 0 unspecified atom stereocenters. The molecule has 0 atom stereocenters. The van der Waals surface area contributed by atoms with Crippen LogP contribution in [-0.2, 0) is 4.74 Å². The zero-order valence-corrected chi connectivity index (χ0v) is 7.43. The van der Waals surface area contributed by atoms with Gasteiger partial charge in [-0.3, -0.25) is 0 Å². The molecular weight excluding hydrogens is 173 g/mol. The van der Waals surface area contributed by atoms with Gasteiger partial charge in [-0.1, -0.05) is 6.07 Å². The van der Waals surface area contributed by atoms with Crippen molar-refractivity contribution < 1.29 is 13.9 Å². The topological polar surface area (TPSA) is 52.3 Å². The highest BCUT2D eigenvalue weighted by Gasteiger charge is 2.14. The average molecular weight is 183 g/mol. The molecule has 0 aliphatic heterocycles. The Hall–Kier alpha value is -1.58. The molecule has 70 valence electrons. The fourth-order valence-electron chi connectivity index (χ4n) is 0.990. The summed E-state index contributed by atoms with van der Waals surface area (Å²) < 4.78 is 17.6. The van der Waals surface area contributed by atoms with Crippen LogP contribution in [0.25, 0.3) is 0 Å². The highest BCUT2D eigenvalue weighted by molar-refractivity contribution is 5.95. The highest BCUT2D eigenvalue weighted by atomic mass is 19.1. The number of nitrogen functional groups attached to an aromatic ring is 1. The van der Waals surface area contributed by atoms with E-state index >= 15 is 0 Å². The zero-order valence-electron chi connectivity index (χ0n) is 7.43. The molecule has 0 fully saturated rings. The molecule has 0 saturated carbocycles. The van der Waals surface area contributed by atoms with Gasteiger partial charge in [-0.2, -0.15) is 0 Å². The van der Waals surface area contributed by atoms with Gasteiger partial charge in [0.1, 0.15) is 5.82 Å². The first-order valence-corrected chi connectivity index (χ1v) is 3.70. The lowest BCUT2D eigenvalue weighted by Crippen LogP contribution is -2.07. The van der Waals surface area contributed by atoms with E-state index in [4.69, 9.17) is 5.73 Å². The first-order valence-electron chi connectivity index (χ1n) is 3.70. The van der Waals surface area contributed by atoms with Crippen molar-refractivity contribution in [3.63, 3.8) is 0 Å². The van der Waals surface area contributed by atoms with Gasteiger partial charge in [0.25, 0.3) is 0 Å². The van der Waals surface area contributed by atoms with E-state index in [1.54, 1.807) is 6.92 Å². The van der Waals surface area contributed by atoms with E-state index in [9.17, 15) is 9.18 Å². The van der Waals surface area contributed by atoms with Crippen molar-refractivity contribution in [3.8, 4) is 0 Å². The van der Waals surface area contributed by atoms with Crippen molar-refractivity contribution in [1.82, 2.24) is 0 Å². The molecule has 2 N–H and O–H groups in total. The smallest absolute Gasteiger partial charge is 0.340 e. The Morgan fingerprint density at radius 2 is 2.15 bits per heavy atom. The van der Waals surface area contributed by atoms with Crippen LogP contribution < -0.4 is 5.73 Å². The summed E-state index contributed by atoms with van der Waals surface area (Å²) in [6, 6.07) is 2.93. The van der Waals surface area contributed by atoms with Crippen LogP contribution in [0.5, 0.6) is 0 Å². The van der Waals surface area contributed by atoms with E-state index in [2.05, 4.69) is 4.74 Å². The van der Waals surface area contributed by atoms with Crippen LogP contribution in [0.2, 0.25) is 0 Å². The highest BCUT2D eigenvalue weighted by Crippen LogP contribution is 2.19. The van der Waals surface area contributed by atoms with Gasteiger partial charge in [-0.15, -0.1) is 0 Å². The Morgan fingerprint density at radius 3 is 2.69 bits per heavy atom. The number of halogens is 1. The van der Waals surface area contributed by atoms with Crippen molar-refractivity contribution in [2.75, 3.05) is 12.8 Å². The van der Waals surface area contributed by atoms with Crippen molar-refractivity contribution in [2.24, 2.45) is 0 Å². The van der Waals surface area contributed by atoms with E-state index in [-0.39, 0.29) is 11.3 Å². The number of carbonyl (C=O) groups is 1. The predicted octanol–water partition coefficient (Wildman–Crippen LogP) is 1.50. The quantitative estimate of drug-likeness (QED) is 0.530. The van der Waals surface area contributed by atoms with E-state index in [0.717, 1.165) is 0 Å². The van der Waals surface area contributed by atoms with Crippen LogP contribution in [0, 0.1) is 12.7 Å². The number of anilines is 1. The minimum absolute atomic E-state index is 0.0607. The number of methoxy groups -OCH3 is 1. The number of hydrogen-bond acceptors (Lipinski definition) is 3. The minimum atomic E-state index is -0.628. The summed E-state index contributed by atoms with van der Waals surface area (Å²) in [6.07, 6.45) is 0. The molecule has 0 aliphatic rings. The van der Waals surface area contributed by atoms with Gasteiger partial charge in [0, 0.05) is 0 Å². The first kappa shape index (κ1) is 9.51. The van der Waals surface area contributed by atoms with Gasteiger partial charge in [0.05, 0.1) is 18.4 Å². The molecule has 0 spiro atoms. The Kier molecular flexibility index (Phi) is 2.51. The molecule has 0 saturated heterocycles. The Labute approximate surface area is 75.3 Å². The van der Waals surface area contributed by atoms with E-state index in [1.807, 2.05) is 0 Å². The number of hydrogen-bond donors (Lipinski definition) is 1. The summed E-state index contributed by atoms with van der Waals surface area (Å²) in [4.78, 5) is 11.0. The van der Waals surface area contributed by atoms with Gasteiger partial charge in [-0.05, 0) is 18.6 Å². The van der Waals surface area contributed by atoms with Crippen LogP contribution >= 0.6 is 0 Å². The lowest BCUT2D eigenvalue weighted by atomic mass is 10.1. The van der Waals surface area contributed by atoms with E-state index in [0.29, 0.717) is 5.56 Å². The molecule has 1 aromatic rings. The molecule has 0 amide bonds. The minimum Gasteiger partial charge on any atom is -0.465 e. The maximum Gasteiger partial charge on any atom is 0.340 e. The third-order valence-electron chi connectivity index (χ3n) is 1.78. The van der Waals surface area contributed by atoms with Crippen molar-refractivity contribution in [3.05, 3.63) is 29.1 Å². The Balaban J connectivity index is 3.26. The van der Waals surface area contributed by atoms with Crippen molar-refractivity contribution >= 4 is 11.7 Å². The standard InChI is InChI=1S/C9H10FNO2/c1-5-3-4-6(9(12)13-2)8(11)7(5)10/h3-4H,11H2,1-2H3. The molecule has 1 aromatic carbocycles. The summed E-state index contributed by atoms with van der Waals surface area (Å²) >= 11 is 0. The second-order valence-electron chi connectivity index (χ2n) is 2.65. The van der Waals surface area contributed by atoms with Crippen LogP contribution in [0.4, 0.5) is 10.1 Å². The molecule has 0 bridgehead atoms. The number of rotatable bonds is 1. The second-order valence-corrected chi connectivity index (χ2v) is 2.65. The van der Waals surface area contributed by atoms with Crippen LogP contribution in [0.1, 0.15) is 15.9 Å². The third-order valence-corrected chi connectivity index (χ3v) is 1.78. The fourth-order valence-corrected chi connectivity index (χ4v) is 0.990. The van der Waals surface area contributed by atoms with Crippen LogP contribution in [0.15, 0.2) is 12.1 Å².